The van der Waals surface area contributed by atoms with Gasteiger partial charge in [-0.1, -0.05) is 19.1 Å². The predicted molar refractivity (Wildman–Crippen MR) is 42.7 cm³/mol. The number of hydrogen-bond acceptors (Lipinski definition) is 1. The first-order valence-corrected chi connectivity index (χ1v) is 3.46. The summed E-state index contributed by atoms with van der Waals surface area (Å²) in [7, 11) is 1.79. The molecule has 0 saturated heterocycles. The number of carbonyl (C=O) groups is 1. The van der Waals surface area contributed by atoms with Crippen LogP contribution in [0.1, 0.15) is 20.3 Å². The van der Waals surface area contributed by atoms with Gasteiger partial charge in [-0.25, -0.2) is 0 Å². The van der Waals surface area contributed by atoms with E-state index < -0.39 is 0 Å². The minimum absolute atomic E-state index is 0.169. The number of hydrogen-bond donors (Lipinski definition) is 0. The SMILES string of the molecule is C=C(C)CN(C)C(=O)CC. The molecule has 0 aromatic carbocycles. The molecule has 0 N–H and O–H groups in total. The van der Waals surface area contributed by atoms with E-state index in [1.807, 2.05) is 13.8 Å². The van der Waals surface area contributed by atoms with Crippen LogP contribution in [-0.4, -0.2) is 24.4 Å². The second-order valence-corrected chi connectivity index (χ2v) is 2.56. The smallest absolute Gasteiger partial charge is 0.222 e. The monoisotopic (exact) mass is 141 g/mol. The lowest BCUT2D eigenvalue weighted by Gasteiger charge is -2.15. The zero-order valence-electron chi connectivity index (χ0n) is 6.98. The number of likely N-dealkylation sites (N-methyl/N-ethyl adjacent to an activating group) is 1. The van der Waals surface area contributed by atoms with Gasteiger partial charge in [-0.3, -0.25) is 4.79 Å². The van der Waals surface area contributed by atoms with Crippen LogP contribution in [0.5, 0.6) is 0 Å². The highest BCUT2D eigenvalue weighted by Gasteiger charge is 2.03. The minimum atomic E-state index is 0.169. The summed E-state index contributed by atoms with van der Waals surface area (Å²) >= 11 is 0. The van der Waals surface area contributed by atoms with Gasteiger partial charge >= 0.3 is 0 Å². The first-order chi connectivity index (χ1) is 4.57. The maximum Gasteiger partial charge on any atom is 0.222 e. The van der Waals surface area contributed by atoms with Crippen molar-refractivity contribution in [2.45, 2.75) is 20.3 Å². The topological polar surface area (TPSA) is 20.3 Å². The van der Waals surface area contributed by atoms with Gasteiger partial charge < -0.3 is 4.90 Å². The molecule has 0 bridgehead atoms. The van der Waals surface area contributed by atoms with E-state index in [0.29, 0.717) is 13.0 Å². The molecule has 0 heterocycles. The fourth-order valence-electron chi connectivity index (χ4n) is 0.763. The van der Waals surface area contributed by atoms with Gasteiger partial charge in [-0.2, -0.15) is 0 Å². The maximum atomic E-state index is 10.9. The van der Waals surface area contributed by atoms with Gasteiger partial charge in [-0.05, 0) is 6.92 Å². The van der Waals surface area contributed by atoms with Crippen LogP contribution < -0.4 is 0 Å². The van der Waals surface area contributed by atoms with Crippen molar-refractivity contribution in [3.63, 3.8) is 0 Å². The Hall–Kier alpha value is -0.790. The van der Waals surface area contributed by atoms with E-state index in [1.54, 1.807) is 11.9 Å². The van der Waals surface area contributed by atoms with Gasteiger partial charge in [0.1, 0.15) is 0 Å². The molecular weight excluding hydrogens is 126 g/mol. The summed E-state index contributed by atoms with van der Waals surface area (Å²) in [5, 5.41) is 0. The fourth-order valence-corrected chi connectivity index (χ4v) is 0.763. The third kappa shape index (κ3) is 3.28. The zero-order valence-corrected chi connectivity index (χ0v) is 6.98. The molecule has 0 aromatic heterocycles. The second kappa shape index (κ2) is 4.09. The highest BCUT2D eigenvalue weighted by Crippen LogP contribution is 1.94. The Kier molecular flexibility index (Phi) is 3.77. The van der Waals surface area contributed by atoms with Gasteiger partial charge in [0.25, 0.3) is 0 Å². The third-order valence-corrected chi connectivity index (χ3v) is 1.24. The largest absolute Gasteiger partial charge is 0.342 e. The predicted octanol–water partition coefficient (Wildman–Crippen LogP) is 1.43. The molecule has 0 rings (SSSR count). The molecule has 2 nitrogen and oxygen atoms in total. The van der Waals surface area contributed by atoms with Crippen molar-refractivity contribution in [3.8, 4) is 0 Å². The Bertz CT molecular complexity index is 140. The van der Waals surface area contributed by atoms with Crippen LogP contribution in [0.3, 0.4) is 0 Å². The lowest BCUT2D eigenvalue weighted by molar-refractivity contribution is -0.129. The fraction of sp³-hybridized carbons (Fsp3) is 0.625. The first-order valence-electron chi connectivity index (χ1n) is 3.46. The highest BCUT2D eigenvalue weighted by molar-refractivity contribution is 5.75. The molecule has 0 atom stereocenters. The van der Waals surface area contributed by atoms with Crippen LogP contribution >= 0.6 is 0 Å². The minimum Gasteiger partial charge on any atom is -0.342 e. The summed E-state index contributed by atoms with van der Waals surface area (Å²) in [4.78, 5) is 12.6. The van der Waals surface area contributed by atoms with Crippen molar-refractivity contribution in [2.24, 2.45) is 0 Å². The summed E-state index contributed by atoms with van der Waals surface area (Å²) in [5.41, 5.74) is 1.02. The number of nitrogens with zero attached hydrogens (tertiary/aromatic N) is 1. The Labute approximate surface area is 62.5 Å². The zero-order chi connectivity index (χ0) is 8.15. The quantitative estimate of drug-likeness (QED) is 0.544. The van der Waals surface area contributed by atoms with Gasteiger partial charge in [0.15, 0.2) is 0 Å². The maximum absolute atomic E-state index is 10.9. The molecule has 0 radical (unpaired) electrons. The molecule has 58 valence electrons. The summed E-state index contributed by atoms with van der Waals surface area (Å²) < 4.78 is 0. The van der Waals surface area contributed by atoms with Crippen LogP contribution in [0.2, 0.25) is 0 Å². The Balaban J connectivity index is 3.72. The summed E-state index contributed by atoms with van der Waals surface area (Å²) in [6.45, 7) is 8.17. The molecular formula is C8H15NO. The Morgan fingerprint density at radius 3 is 2.40 bits per heavy atom. The lowest BCUT2D eigenvalue weighted by atomic mass is 10.3. The number of rotatable bonds is 3. The molecule has 0 fully saturated rings. The molecule has 0 aliphatic rings. The van der Waals surface area contributed by atoms with Crippen LogP contribution in [-0.2, 0) is 4.79 Å². The second-order valence-electron chi connectivity index (χ2n) is 2.56. The molecule has 0 aliphatic carbocycles. The summed E-state index contributed by atoms with van der Waals surface area (Å²) in [6, 6.07) is 0. The van der Waals surface area contributed by atoms with Gasteiger partial charge in [-0.15, -0.1) is 0 Å². The molecule has 10 heavy (non-hydrogen) atoms. The van der Waals surface area contributed by atoms with Gasteiger partial charge in [0.2, 0.25) is 5.91 Å². The van der Waals surface area contributed by atoms with E-state index in [1.165, 1.54) is 0 Å². The van der Waals surface area contributed by atoms with Crippen LogP contribution in [0.25, 0.3) is 0 Å². The standard InChI is InChI=1S/C8H15NO/c1-5-8(10)9(4)6-7(2)3/h2,5-6H2,1,3-4H3. The van der Waals surface area contributed by atoms with E-state index in [9.17, 15) is 4.79 Å². The van der Waals surface area contributed by atoms with E-state index in [-0.39, 0.29) is 5.91 Å². The molecule has 2 heteroatoms. The average molecular weight is 141 g/mol. The van der Waals surface area contributed by atoms with Crippen LogP contribution in [0, 0.1) is 0 Å². The molecule has 0 aromatic rings. The number of carbonyl (C=O) groups excluding carboxylic acids is 1. The van der Waals surface area contributed by atoms with E-state index in [2.05, 4.69) is 6.58 Å². The third-order valence-electron chi connectivity index (χ3n) is 1.24. The highest BCUT2D eigenvalue weighted by atomic mass is 16.2. The lowest BCUT2D eigenvalue weighted by Crippen LogP contribution is -2.27. The van der Waals surface area contributed by atoms with Crippen molar-refractivity contribution < 1.29 is 4.79 Å². The van der Waals surface area contributed by atoms with Crippen molar-refractivity contribution in [2.75, 3.05) is 13.6 Å². The summed E-state index contributed by atoms with van der Waals surface area (Å²) in [6.07, 6.45) is 0.573. The van der Waals surface area contributed by atoms with Crippen molar-refractivity contribution >= 4 is 5.91 Å². The van der Waals surface area contributed by atoms with Gasteiger partial charge in [0, 0.05) is 20.0 Å². The van der Waals surface area contributed by atoms with Crippen LogP contribution in [0.15, 0.2) is 12.2 Å². The Morgan fingerprint density at radius 1 is 1.60 bits per heavy atom. The number of amides is 1. The van der Waals surface area contributed by atoms with E-state index in [4.69, 9.17) is 0 Å². The van der Waals surface area contributed by atoms with Crippen molar-refractivity contribution in [1.82, 2.24) is 4.90 Å². The average Bonchev–Trinajstić information content (AvgIpc) is 1.85. The van der Waals surface area contributed by atoms with Crippen molar-refractivity contribution in [3.05, 3.63) is 12.2 Å². The molecule has 0 saturated carbocycles. The van der Waals surface area contributed by atoms with Crippen LogP contribution in [0.4, 0.5) is 0 Å². The molecule has 0 unspecified atom stereocenters. The van der Waals surface area contributed by atoms with Gasteiger partial charge in [0.05, 0.1) is 0 Å². The van der Waals surface area contributed by atoms with E-state index >= 15 is 0 Å². The van der Waals surface area contributed by atoms with Crippen molar-refractivity contribution in [1.29, 1.82) is 0 Å². The van der Waals surface area contributed by atoms with E-state index in [0.717, 1.165) is 5.57 Å². The molecule has 0 spiro atoms. The summed E-state index contributed by atoms with van der Waals surface area (Å²) in [5.74, 6) is 0.169. The molecule has 0 aliphatic heterocycles. The molecule has 1 amide bonds. The normalized spacial score (nSPS) is 9.10. The first kappa shape index (κ1) is 9.21. The Morgan fingerprint density at radius 2 is 2.10 bits per heavy atom.